The third kappa shape index (κ3) is 4.69. The molecule has 0 saturated carbocycles. The number of β-amino-alcohol motifs (C(OH)–C–C–N with tert-alkyl or cyclic N) is 1. The van der Waals surface area contributed by atoms with Crippen LogP contribution >= 0.6 is 0 Å². The quantitative estimate of drug-likeness (QED) is 0.875. The average molecular weight is 321 g/mol. The topological polar surface area (TPSA) is 52.9 Å². The van der Waals surface area contributed by atoms with Gasteiger partial charge in [-0.2, -0.15) is 0 Å². The zero-order valence-electron chi connectivity index (χ0n) is 15.0. The average Bonchev–Trinajstić information content (AvgIpc) is 2.39. The van der Waals surface area contributed by atoms with Gasteiger partial charge in [-0.25, -0.2) is 0 Å². The van der Waals surface area contributed by atoms with Crippen molar-refractivity contribution in [3.63, 3.8) is 0 Å². The van der Waals surface area contributed by atoms with Gasteiger partial charge in [0.2, 0.25) is 0 Å². The Hall–Kier alpha value is -1.10. The van der Waals surface area contributed by atoms with Gasteiger partial charge < -0.3 is 14.9 Å². The molecule has 1 saturated heterocycles. The molecule has 23 heavy (non-hydrogen) atoms. The number of hydrogen-bond acceptors (Lipinski definition) is 4. The Morgan fingerprint density at radius 3 is 2.39 bits per heavy atom. The smallest absolute Gasteiger partial charge is 0.119 e. The summed E-state index contributed by atoms with van der Waals surface area (Å²) in [6.45, 7) is 11.4. The number of hydrogen-bond donors (Lipinski definition) is 2. The Kier molecular flexibility index (Phi) is 5.39. The molecular formula is C19H31NO3. The minimum atomic E-state index is -0.565. The summed E-state index contributed by atoms with van der Waals surface area (Å²) in [6.07, 6.45) is 0.602. The summed E-state index contributed by atoms with van der Waals surface area (Å²) in [5, 5.41) is 20.5. The molecule has 4 heteroatoms. The first-order chi connectivity index (χ1) is 10.6. The molecule has 2 N–H and O–H groups in total. The van der Waals surface area contributed by atoms with E-state index in [1.54, 1.807) is 0 Å². The molecule has 0 amide bonds. The summed E-state index contributed by atoms with van der Waals surface area (Å²) in [5.41, 5.74) is 0.848. The fraction of sp³-hybridized carbons (Fsp3) is 0.684. The highest BCUT2D eigenvalue weighted by Crippen LogP contribution is 2.38. The fourth-order valence-electron chi connectivity index (χ4n) is 3.92. The summed E-state index contributed by atoms with van der Waals surface area (Å²) in [4.78, 5) is 2.30. The second-order valence-electron chi connectivity index (χ2n) is 8.08. The Morgan fingerprint density at radius 1 is 1.22 bits per heavy atom. The highest BCUT2D eigenvalue weighted by Gasteiger charge is 2.45. The van der Waals surface area contributed by atoms with E-state index in [1.807, 2.05) is 31.2 Å². The zero-order valence-corrected chi connectivity index (χ0v) is 15.0. The predicted octanol–water partition coefficient (Wildman–Crippen LogP) is 2.75. The molecule has 1 atom stereocenters. The molecule has 0 aromatic heterocycles. The lowest BCUT2D eigenvalue weighted by atomic mass is 9.78. The van der Waals surface area contributed by atoms with Gasteiger partial charge in [-0.15, -0.1) is 0 Å². The third-order valence-corrected chi connectivity index (χ3v) is 4.76. The van der Waals surface area contributed by atoms with Gasteiger partial charge in [0.1, 0.15) is 18.5 Å². The van der Waals surface area contributed by atoms with Gasteiger partial charge in [-0.05, 0) is 65.2 Å². The number of nitrogens with zero attached hydrogens (tertiary/aromatic N) is 1. The lowest BCUT2D eigenvalue weighted by Crippen LogP contribution is -2.63. The van der Waals surface area contributed by atoms with E-state index in [-0.39, 0.29) is 23.8 Å². The van der Waals surface area contributed by atoms with Crippen LogP contribution in [0.5, 0.6) is 5.75 Å². The number of benzene rings is 1. The van der Waals surface area contributed by atoms with Crippen LogP contribution in [0.3, 0.4) is 0 Å². The Morgan fingerprint density at radius 2 is 1.83 bits per heavy atom. The van der Waals surface area contributed by atoms with Crippen molar-refractivity contribution in [3.8, 4) is 5.75 Å². The van der Waals surface area contributed by atoms with Gasteiger partial charge in [0, 0.05) is 17.6 Å². The molecule has 1 aromatic carbocycles. The highest BCUT2D eigenvalue weighted by atomic mass is 16.5. The van der Waals surface area contributed by atoms with E-state index < -0.39 is 6.10 Å². The van der Waals surface area contributed by atoms with E-state index in [9.17, 15) is 10.2 Å². The monoisotopic (exact) mass is 321 g/mol. The second-order valence-corrected chi connectivity index (χ2v) is 8.08. The van der Waals surface area contributed by atoms with Gasteiger partial charge in [0.05, 0.1) is 6.10 Å². The van der Waals surface area contributed by atoms with Crippen molar-refractivity contribution in [3.05, 3.63) is 29.8 Å². The molecule has 1 fully saturated rings. The summed E-state index contributed by atoms with van der Waals surface area (Å²) >= 11 is 0. The van der Waals surface area contributed by atoms with Crippen LogP contribution in [0.2, 0.25) is 0 Å². The summed E-state index contributed by atoms with van der Waals surface area (Å²) < 4.78 is 5.72. The van der Waals surface area contributed by atoms with Crippen molar-refractivity contribution in [2.24, 2.45) is 0 Å². The number of rotatable bonds is 5. The maximum absolute atomic E-state index is 10.4. The van der Waals surface area contributed by atoms with Gasteiger partial charge >= 0.3 is 0 Å². The van der Waals surface area contributed by atoms with Gasteiger partial charge in [0.15, 0.2) is 0 Å². The molecule has 1 aliphatic rings. The molecule has 0 radical (unpaired) electrons. The minimum Gasteiger partial charge on any atom is -0.491 e. The van der Waals surface area contributed by atoms with Gasteiger partial charge in [-0.3, -0.25) is 4.90 Å². The van der Waals surface area contributed by atoms with E-state index in [2.05, 4.69) is 32.6 Å². The molecule has 1 aromatic rings. The van der Waals surface area contributed by atoms with Crippen LogP contribution in [0.1, 0.15) is 46.1 Å². The maximum atomic E-state index is 10.4. The predicted molar refractivity (Wildman–Crippen MR) is 92.8 cm³/mol. The minimum absolute atomic E-state index is 0.147. The van der Waals surface area contributed by atoms with E-state index in [1.165, 1.54) is 0 Å². The van der Waals surface area contributed by atoms with E-state index in [4.69, 9.17) is 4.74 Å². The van der Waals surface area contributed by atoms with Crippen molar-refractivity contribution < 1.29 is 14.9 Å². The molecular weight excluding hydrogens is 290 g/mol. The van der Waals surface area contributed by atoms with E-state index >= 15 is 0 Å². The van der Waals surface area contributed by atoms with E-state index in [0.717, 1.165) is 24.2 Å². The number of aliphatic hydroxyl groups is 2. The number of likely N-dealkylation sites (tertiary alicyclic amines) is 1. The SMILES string of the molecule is Cc1cccc(OC[C@H](O)CN2C(C)(C)CC(O)CC2(C)C)c1. The Labute approximate surface area is 140 Å². The van der Waals surface area contributed by atoms with Crippen molar-refractivity contribution in [1.82, 2.24) is 4.90 Å². The third-order valence-electron chi connectivity index (χ3n) is 4.76. The largest absolute Gasteiger partial charge is 0.491 e. The van der Waals surface area contributed by atoms with Crippen LogP contribution in [-0.2, 0) is 0 Å². The standard InChI is InChI=1S/C19H31NO3/c1-14-7-6-8-17(9-14)23-13-16(22)12-20-18(2,3)10-15(21)11-19(20,4)5/h6-9,15-16,21-22H,10-13H2,1-5H3/t16-/m1/s1. The molecule has 0 aliphatic carbocycles. The Balaban J connectivity index is 1.96. The van der Waals surface area contributed by atoms with Crippen LogP contribution in [0.15, 0.2) is 24.3 Å². The molecule has 130 valence electrons. The lowest BCUT2D eigenvalue weighted by molar-refractivity contribution is -0.1000. The van der Waals surface area contributed by atoms with Crippen LogP contribution in [-0.4, -0.2) is 51.6 Å². The summed E-state index contributed by atoms with van der Waals surface area (Å²) in [6, 6.07) is 7.85. The molecule has 2 rings (SSSR count). The number of piperidine rings is 1. The van der Waals surface area contributed by atoms with Crippen LogP contribution in [0, 0.1) is 6.92 Å². The van der Waals surface area contributed by atoms with Crippen LogP contribution < -0.4 is 4.74 Å². The molecule has 0 bridgehead atoms. The van der Waals surface area contributed by atoms with Gasteiger partial charge in [0.25, 0.3) is 0 Å². The second kappa shape index (κ2) is 6.80. The van der Waals surface area contributed by atoms with Crippen LogP contribution in [0.4, 0.5) is 0 Å². The normalized spacial score (nSPS) is 22.7. The Bertz CT molecular complexity index is 509. The van der Waals surface area contributed by atoms with Crippen molar-refractivity contribution >= 4 is 0 Å². The molecule has 0 unspecified atom stereocenters. The molecule has 1 aliphatic heterocycles. The highest BCUT2D eigenvalue weighted by molar-refractivity contribution is 5.27. The van der Waals surface area contributed by atoms with E-state index in [0.29, 0.717) is 6.54 Å². The molecule has 0 spiro atoms. The first-order valence-corrected chi connectivity index (χ1v) is 8.43. The lowest BCUT2D eigenvalue weighted by Gasteiger charge is -2.54. The number of aliphatic hydroxyl groups excluding tert-OH is 2. The van der Waals surface area contributed by atoms with Gasteiger partial charge in [-0.1, -0.05) is 12.1 Å². The fourth-order valence-corrected chi connectivity index (χ4v) is 3.92. The van der Waals surface area contributed by atoms with Crippen LogP contribution in [0.25, 0.3) is 0 Å². The number of aryl methyl sites for hydroxylation is 1. The van der Waals surface area contributed by atoms with Crippen molar-refractivity contribution in [2.45, 2.75) is 70.7 Å². The maximum Gasteiger partial charge on any atom is 0.119 e. The molecule has 1 heterocycles. The molecule has 4 nitrogen and oxygen atoms in total. The first kappa shape index (κ1) is 18.2. The first-order valence-electron chi connectivity index (χ1n) is 8.43. The van der Waals surface area contributed by atoms with Crippen molar-refractivity contribution in [1.29, 1.82) is 0 Å². The summed E-state index contributed by atoms with van der Waals surface area (Å²) in [7, 11) is 0. The number of ether oxygens (including phenoxy) is 1. The van der Waals surface area contributed by atoms with Crippen molar-refractivity contribution in [2.75, 3.05) is 13.2 Å². The zero-order chi connectivity index (χ0) is 17.3. The summed E-state index contributed by atoms with van der Waals surface area (Å²) in [5.74, 6) is 0.789.